The number of nitriles is 1. The fourth-order valence-corrected chi connectivity index (χ4v) is 1.81. The minimum Gasteiger partial charge on any atom is -0.267 e. The van der Waals surface area contributed by atoms with Gasteiger partial charge in [-0.25, -0.2) is 0 Å². The van der Waals surface area contributed by atoms with Gasteiger partial charge >= 0.3 is 0 Å². The molecule has 0 bridgehead atoms. The lowest BCUT2D eigenvalue weighted by atomic mass is 10.2. The fourth-order valence-electron chi connectivity index (χ4n) is 1.15. The predicted octanol–water partition coefficient (Wildman–Crippen LogP) is 1.42. The summed E-state index contributed by atoms with van der Waals surface area (Å²) in [5, 5.41) is 10.4. The number of hydrogen-bond acceptors (Lipinski definition) is 5. The molecule has 16 heavy (non-hydrogen) atoms. The molecule has 0 fully saturated rings. The van der Waals surface area contributed by atoms with E-state index in [2.05, 4.69) is 14.7 Å². The molecule has 0 aliphatic heterocycles. The van der Waals surface area contributed by atoms with Crippen LogP contribution in [0.5, 0.6) is 0 Å². The van der Waals surface area contributed by atoms with Crippen molar-refractivity contribution in [2.24, 2.45) is 0 Å². The Morgan fingerprint density at radius 3 is 2.88 bits per heavy atom. The Morgan fingerprint density at radius 2 is 2.19 bits per heavy atom. The summed E-state index contributed by atoms with van der Waals surface area (Å²) in [5.41, 5.74) is 1.60. The number of carbonyl (C=O) groups excluding carboxylic acids is 1. The van der Waals surface area contributed by atoms with E-state index >= 15 is 0 Å². The highest BCUT2D eigenvalue weighted by Gasteiger charge is 2.10. The first-order valence-corrected chi connectivity index (χ1v) is 5.15. The highest BCUT2D eigenvalue weighted by atomic mass is 32.1. The molecule has 6 heteroatoms. The van der Waals surface area contributed by atoms with Crippen molar-refractivity contribution in [2.75, 3.05) is 0 Å². The number of amides is 1. The Labute approximate surface area is 95.5 Å². The van der Waals surface area contributed by atoms with E-state index in [1.165, 1.54) is 0 Å². The Balaban J connectivity index is 2.27. The van der Waals surface area contributed by atoms with E-state index in [1.807, 2.05) is 0 Å². The van der Waals surface area contributed by atoms with Crippen LogP contribution >= 0.6 is 11.5 Å². The molecule has 2 aromatic heterocycles. The molecule has 0 spiro atoms. The molecular weight excluding hydrogens is 224 g/mol. The first-order valence-electron chi connectivity index (χ1n) is 4.38. The number of hydrogen-bond donors (Lipinski definition) is 1. The van der Waals surface area contributed by atoms with E-state index in [-0.39, 0.29) is 0 Å². The molecule has 0 radical (unpaired) electrons. The van der Waals surface area contributed by atoms with Crippen molar-refractivity contribution in [3.63, 3.8) is 0 Å². The lowest BCUT2D eigenvalue weighted by Gasteiger charge is -1.92. The van der Waals surface area contributed by atoms with E-state index in [1.54, 1.807) is 36.8 Å². The van der Waals surface area contributed by atoms with Crippen molar-refractivity contribution in [1.29, 1.82) is 5.26 Å². The maximum absolute atomic E-state index is 11.3. The van der Waals surface area contributed by atoms with Crippen LogP contribution in [-0.2, 0) is 0 Å². The molecular formula is C10H6N4OS. The molecule has 2 heterocycles. The lowest BCUT2D eigenvalue weighted by Crippen LogP contribution is -2.15. The largest absolute Gasteiger partial charge is 0.275 e. The second-order valence-electron chi connectivity index (χ2n) is 2.88. The molecule has 0 aromatic carbocycles. The molecule has 0 atom stereocenters. The molecule has 0 saturated carbocycles. The molecule has 78 valence electrons. The van der Waals surface area contributed by atoms with Crippen molar-refractivity contribution in [2.45, 2.75) is 0 Å². The maximum Gasteiger partial charge on any atom is 0.275 e. The molecule has 2 rings (SSSR count). The van der Waals surface area contributed by atoms with Gasteiger partial charge in [-0.15, -0.1) is 0 Å². The highest BCUT2D eigenvalue weighted by molar-refractivity contribution is 7.08. The van der Waals surface area contributed by atoms with E-state index in [0.29, 0.717) is 10.6 Å². The smallest absolute Gasteiger partial charge is 0.267 e. The minimum atomic E-state index is -0.430. The second-order valence-corrected chi connectivity index (χ2v) is 3.68. The SMILES string of the molecule is N#CNC(=O)c1cc(-c2ccncc2)ns1. The third-order valence-electron chi connectivity index (χ3n) is 1.88. The van der Waals surface area contributed by atoms with Crippen LogP contribution in [0.4, 0.5) is 0 Å². The van der Waals surface area contributed by atoms with E-state index in [4.69, 9.17) is 5.26 Å². The fraction of sp³-hybridized carbons (Fsp3) is 0. The van der Waals surface area contributed by atoms with Gasteiger partial charge in [0.15, 0.2) is 6.19 Å². The van der Waals surface area contributed by atoms with E-state index in [9.17, 15) is 4.79 Å². The number of carbonyl (C=O) groups is 1. The summed E-state index contributed by atoms with van der Waals surface area (Å²) in [6.07, 6.45) is 4.90. The van der Waals surface area contributed by atoms with Gasteiger partial charge in [0.25, 0.3) is 5.91 Å². The number of pyridine rings is 1. The average molecular weight is 230 g/mol. The highest BCUT2D eigenvalue weighted by Crippen LogP contribution is 2.20. The van der Waals surface area contributed by atoms with Crippen LogP contribution in [0, 0.1) is 11.5 Å². The second kappa shape index (κ2) is 4.51. The van der Waals surface area contributed by atoms with Gasteiger partial charge in [-0.1, -0.05) is 0 Å². The van der Waals surface area contributed by atoms with Gasteiger partial charge < -0.3 is 0 Å². The van der Waals surface area contributed by atoms with Crippen LogP contribution in [0.2, 0.25) is 0 Å². The average Bonchev–Trinajstić information content (AvgIpc) is 2.80. The third-order valence-corrected chi connectivity index (χ3v) is 2.67. The maximum atomic E-state index is 11.3. The Bertz CT molecular complexity index is 543. The lowest BCUT2D eigenvalue weighted by molar-refractivity contribution is 0.0977. The van der Waals surface area contributed by atoms with Gasteiger partial charge in [-0.2, -0.15) is 9.64 Å². The Hall–Kier alpha value is -2.26. The van der Waals surface area contributed by atoms with Crippen molar-refractivity contribution in [3.05, 3.63) is 35.5 Å². The number of rotatable bonds is 2. The summed E-state index contributed by atoms with van der Waals surface area (Å²) < 4.78 is 4.13. The number of aromatic nitrogens is 2. The molecule has 0 unspecified atom stereocenters. The number of nitrogens with one attached hydrogen (secondary N) is 1. The van der Waals surface area contributed by atoms with Crippen LogP contribution in [0.25, 0.3) is 11.3 Å². The van der Waals surface area contributed by atoms with Gasteiger partial charge in [-0.3, -0.25) is 15.1 Å². The summed E-state index contributed by atoms with van der Waals surface area (Å²) in [5.74, 6) is -0.430. The molecule has 2 aromatic rings. The molecule has 1 N–H and O–H groups in total. The normalized spacial score (nSPS) is 9.44. The van der Waals surface area contributed by atoms with Gasteiger partial charge in [0.05, 0.1) is 5.69 Å². The zero-order valence-corrected chi connectivity index (χ0v) is 8.86. The van der Waals surface area contributed by atoms with Crippen LogP contribution in [-0.4, -0.2) is 15.3 Å². The van der Waals surface area contributed by atoms with Crippen molar-refractivity contribution >= 4 is 17.4 Å². The van der Waals surface area contributed by atoms with Crippen molar-refractivity contribution < 1.29 is 4.79 Å². The van der Waals surface area contributed by atoms with Crippen molar-refractivity contribution in [1.82, 2.24) is 14.7 Å². The molecule has 0 saturated heterocycles. The van der Waals surface area contributed by atoms with Gasteiger partial charge in [0.2, 0.25) is 0 Å². The molecule has 1 amide bonds. The summed E-state index contributed by atoms with van der Waals surface area (Å²) in [6.45, 7) is 0. The summed E-state index contributed by atoms with van der Waals surface area (Å²) in [7, 11) is 0. The molecule has 5 nitrogen and oxygen atoms in total. The Kier molecular flexibility index (Phi) is 2.89. The first kappa shape index (κ1) is 10.3. The van der Waals surface area contributed by atoms with Crippen LogP contribution in [0.15, 0.2) is 30.6 Å². The van der Waals surface area contributed by atoms with Gasteiger partial charge in [0, 0.05) is 18.0 Å². The van der Waals surface area contributed by atoms with Crippen molar-refractivity contribution in [3.8, 4) is 17.5 Å². The zero-order chi connectivity index (χ0) is 11.4. The summed E-state index contributed by atoms with van der Waals surface area (Å²) in [4.78, 5) is 15.6. The summed E-state index contributed by atoms with van der Waals surface area (Å²) in [6, 6.07) is 5.26. The van der Waals surface area contributed by atoms with Crippen LogP contribution < -0.4 is 5.32 Å². The monoisotopic (exact) mass is 230 g/mol. The predicted molar refractivity (Wildman–Crippen MR) is 58.4 cm³/mol. The van der Waals surface area contributed by atoms with Gasteiger partial charge in [0.1, 0.15) is 4.88 Å². The van der Waals surface area contributed by atoms with Crippen LogP contribution in [0.3, 0.4) is 0 Å². The van der Waals surface area contributed by atoms with E-state index in [0.717, 1.165) is 17.1 Å². The summed E-state index contributed by atoms with van der Waals surface area (Å²) >= 11 is 1.06. The minimum absolute atomic E-state index is 0.411. The Morgan fingerprint density at radius 1 is 1.44 bits per heavy atom. The standard InChI is InChI=1S/C10H6N4OS/c11-6-13-10(15)9-5-8(14-16-9)7-1-3-12-4-2-7/h1-5H,(H,13,15). The third kappa shape index (κ3) is 2.04. The van der Waals surface area contributed by atoms with Gasteiger partial charge in [-0.05, 0) is 29.7 Å². The first-order chi connectivity index (χ1) is 7.81. The topological polar surface area (TPSA) is 78.7 Å². The number of nitrogens with zero attached hydrogens (tertiary/aromatic N) is 3. The van der Waals surface area contributed by atoms with Crippen LogP contribution in [0.1, 0.15) is 9.67 Å². The van der Waals surface area contributed by atoms with E-state index < -0.39 is 5.91 Å². The zero-order valence-electron chi connectivity index (χ0n) is 8.04. The molecule has 0 aliphatic rings. The molecule has 0 aliphatic carbocycles. The quantitative estimate of drug-likeness (QED) is 0.625.